The van der Waals surface area contributed by atoms with Crippen molar-refractivity contribution in [3.8, 4) is 11.5 Å². The standard InChI is InChI=1S/C14H19ClN2O2.2ClH/c1-2-12(17-5-3-16-4-6-17)10-7-13-14(8-11(10)15)19-9-18-13;;/h7-8,12,16H,2-6,9H2,1H3;2*1H/t12-;;/m0../s1. The van der Waals surface area contributed by atoms with E-state index in [1.54, 1.807) is 0 Å². The normalized spacial score (nSPS) is 18.6. The molecule has 0 spiro atoms. The van der Waals surface area contributed by atoms with Crippen LogP contribution < -0.4 is 14.8 Å². The predicted molar refractivity (Wildman–Crippen MR) is 89.5 cm³/mol. The van der Waals surface area contributed by atoms with Crippen LogP contribution in [-0.4, -0.2) is 37.9 Å². The Morgan fingerprint density at radius 2 is 1.81 bits per heavy atom. The Morgan fingerprint density at radius 1 is 1.19 bits per heavy atom. The fourth-order valence-corrected chi connectivity index (χ4v) is 3.14. The summed E-state index contributed by atoms with van der Waals surface area (Å²) in [6, 6.07) is 4.27. The average molecular weight is 356 g/mol. The molecular formula is C14H21Cl3N2O2. The molecule has 0 saturated carbocycles. The van der Waals surface area contributed by atoms with Crippen molar-refractivity contribution < 1.29 is 9.47 Å². The Balaban J connectivity index is 0.00000110. The highest BCUT2D eigenvalue weighted by atomic mass is 35.5. The van der Waals surface area contributed by atoms with Gasteiger partial charge >= 0.3 is 0 Å². The summed E-state index contributed by atoms with van der Waals surface area (Å²) in [6.45, 7) is 6.69. The lowest BCUT2D eigenvalue weighted by atomic mass is 10.0. The quantitative estimate of drug-likeness (QED) is 0.902. The molecule has 2 aliphatic rings. The van der Waals surface area contributed by atoms with Gasteiger partial charge < -0.3 is 14.8 Å². The highest BCUT2D eigenvalue weighted by molar-refractivity contribution is 6.31. The van der Waals surface area contributed by atoms with E-state index in [2.05, 4.69) is 17.1 Å². The lowest BCUT2D eigenvalue weighted by Crippen LogP contribution is -2.45. The number of fused-ring (bicyclic) bond motifs is 1. The molecule has 2 aliphatic heterocycles. The maximum Gasteiger partial charge on any atom is 0.231 e. The van der Waals surface area contributed by atoms with Gasteiger partial charge in [-0.2, -0.15) is 0 Å². The summed E-state index contributed by atoms with van der Waals surface area (Å²) < 4.78 is 10.8. The molecule has 1 N–H and O–H groups in total. The van der Waals surface area contributed by atoms with E-state index in [9.17, 15) is 0 Å². The molecule has 1 saturated heterocycles. The zero-order valence-electron chi connectivity index (χ0n) is 11.9. The van der Waals surface area contributed by atoms with E-state index in [1.807, 2.05) is 12.1 Å². The summed E-state index contributed by atoms with van der Waals surface area (Å²) in [5.41, 5.74) is 1.15. The first-order valence-electron chi connectivity index (χ1n) is 6.83. The molecule has 1 fully saturated rings. The van der Waals surface area contributed by atoms with Crippen molar-refractivity contribution in [1.29, 1.82) is 0 Å². The Kier molecular flexibility index (Phi) is 7.37. The minimum Gasteiger partial charge on any atom is -0.454 e. The maximum absolute atomic E-state index is 6.42. The third-order valence-electron chi connectivity index (χ3n) is 3.83. The summed E-state index contributed by atoms with van der Waals surface area (Å²) in [4.78, 5) is 2.49. The fourth-order valence-electron chi connectivity index (χ4n) is 2.86. The number of hydrogen-bond donors (Lipinski definition) is 1. The molecule has 7 heteroatoms. The minimum absolute atomic E-state index is 0. The average Bonchev–Trinajstić information content (AvgIpc) is 2.88. The zero-order valence-corrected chi connectivity index (χ0v) is 14.3. The summed E-state index contributed by atoms with van der Waals surface area (Å²) in [7, 11) is 0. The van der Waals surface area contributed by atoms with Crippen LogP contribution in [0.25, 0.3) is 0 Å². The second-order valence-corrected chi connectivity index (χ2v) is 5.34. The first kappa shape index (κ1) is 18.7. The first-order chi connectivity index (χ1) is 9.29. The van der Waals surface area contributed by atoms with Crippen LogP contribution in [0.15, 0.2) is 12.1 Å². The lowest BCUT2D eigenvalue weighted by Gasteiger charge is -2.35. The van der Waals surface area contributed by atoms with Gasteiger partial charge in [0.2, 0.25) is 6.79 Å². The Morgan fingerprint density at radius 3 is 2.43 bits per heavy atom. The summed E-state index contributed by atoms with van der Waals surface area (Å²) in [5, 5.41) is 4.15. The van der Waals surface area contributed by atoms with Crippen LogP contribution in [0.2, 0.25) is 5.02 Å². The number of halogens is 3. The van der Waals surface area contributed by atoms with Crippen LogP contribution in [-0.2, 0) is 0 Å². The molecular weight excluding hydrogens is 335 g/mol. The van der Waals surface area contributed by atoms with Crippen molar-refractivity contribution in [2.24, 2.45) is 0 Å². The Bertz CT molecular complexity index is 468. The van der Waals surface area contributed by atoms with Gasteiger partial charge in [-0.25, -0.2) is 0 Å². The molecule has 1 atom stereocenters. The van der Waals surface area contributed by atoms with Gasteiger partial charge in [-0.05, 0) is 18.1 Å². The third-order valence-corrected chi connectivity index (χ3v) is 4.16. The number of hydrogen-bond acceptors (Lipinski definition) is 4. The van der Waals surface area contributed by atoms with Gasteiger partial charge in [-0.15, -0.1) is 24.8 Å². The lowest BCUT2D eigenvalue weighted by molar-refractivity contribution is 0.168. The van der Waals surface area contributed by atoms with Crippen molar-refractivity contribution in [3.63, 3.8) is 0 Å². The minimum atomic E-state index is 0. The number of benzene rings is 1. The van der Waals surface area contributed by atoms with Gasteiger partial charge in [0.15, 0.2) is 11.5 Å². The summed E-state index contributed by atoms with van der Waals surface area (Å²) >= 11 is 6.42. The van der Waals surface area contributed by atoms with E-state index < -0.39 is 0 Å². The van der Waals surface area contributed by atoms with Crippen molar-refractivity contribution >= 4 is 36.4 Å². The predicted octanol–water partition coefficient (Wildman–Crippen LogP) is 3.27. The highest BCUT2D eigenvalue weighted by Crippen LogP contribution is 2.41. The molecule has 0 aromatic heterocycles. The van der Waals surface area contributed by atoms with Gasteiger partial charge in [0.25, 0.3) is 0 Å². The van der Waals surface area contributed by atoms with Gasteiger partial charge in [-0.1, -0.05) is 18.5 Å². The third kappa shape index (κ3) is 3.88. The maximum atomic E-state index is 6.42. The smallest absolute Gasteiger partial charge is 0.231 e. The van der Waals surface area contributed by atoms with E-state index in [4.69, 9.17) is 21.1 Å². The number of nitrogens with one attached hydrogen (secondary N) is 1. The van der Waals surface area contributed by atoms with Crippen LogP contribution in [0.4, 0.5) is 0 Å². The van der Waals surface area contributed by atoms with Crippen LogP contribution in [0.1, 0.15) is 24.9 Å². The molecule has 0 amide bonds. The van der Waals surface area contributed by atoms with Crippen molar-refractivity contribution in [2.45, 2.75) is 19.4 Å². The van der Waals surface area contributed by atoms with Crippen LogP contribution in [0.5, 0.6) is 11.5 Å². The largest absolute Gasteiger partial charge is 0.454 e. The van der Waals surface area contributed by atoms with Crippen molar-refractivity contribution in [1.82, 2.24) is 10.2 Å². The number of nitrogens with zero attached hydrogens (tertiary/aromatic N) is 1. The molecule has 1 aromatic rings. The number of piperazine rings is 1. The summed E-state index contributed by atoms with van der Waals surface area (Å²) in [5.74, 6) is 1.57. The number of ether oxygens (including phenoxy) is 2. The van der Waals surface area contributed by atoms with E-state index >= 15 is 0 Å². The SMILES string of the molecule is CC[C@@H](c1cc2c(cc1Cl)OCO2)N1CCNCC1.Cl.Cl. The van der Waals surface area contributed by atoms with Crippen LogP contribution >= 0.6 is 36.4 Å². The van der Waals surface area contributed by atoms with Gasteiger partial charge in [0.05, 0.1) is 0 Å². The van der Waals surface area contributed by atoms with E-state index in [0.717, 1.165) is 54.7 Å². The fraction of sp³-hybridized carbons (Fsp3) is 0.571. The second-order valence-electron chi connectivity index (χ2n) is 4.94. The molecule has 0 radical (unpaired) electrons. The zero-order chi connectivity index (χ0) is 13.2. The first-order valence-corrected chi connectivity index (χ1v) is 7.21. The van der Waals surface area contributed by atoms with Crippen LogP contribution in [0, 0.1) is 0 Å². The highest BCUT2D eigenvalue weighted by Gasteiger charge is 2.25. The monoisotopic (exact) mass is 354 g/mol. The molecule has 1 aromatic carbocycles. The Labute approximate surface area is 142 Å². The summed E-state index contributed by atoms with van der Waals surface area (Å²) in [6.07, 6.45) is 1.04. The molecule has 0 unspecified atom stereocenters. The molecule has 21 heavy (non-hydrogen) atoms. The van der Waals surface area contributed by atoms with Gasteiger partial charge in [0.1, 0.15) is 0 Å². The van der Waals surface area contributed by atoms with E-state index in [1.165, 1.54) is 0 Å². The van der Waals surface area contributed by atoms with E-state index in [-0.39, 0.29) is 24.8 Å². The second kappa shape index (κ2) is 8.30. The van der Waals surface area contributed by atoms with Gasteiger partial charge in [-0.3, -0.25) is 4.90 Å². The molecule has 120 valence electrons. The van der Waals surface area contributed by atoms with E-state index in [0.29, 0.717) is 12.8 Å². The van der Waals surface area contributed by atoms with Gasteiger partial charge in [0, 0.05) is 43.3 Å². The molecule has 4 nitrogen and oxygen atoms in total. The van der Waals surface area contributed by atoms with Crippen LogP contribution in [0.3, 0.4) is 0 Å². The van der Waals surface area contributed by atoms with Crippen molar-refractivity contribution in [2.75, 3.05) is 33.0 Å². The molecule has 2 heterocycles. The molecule has 0 bridgehead atoms. The van der Waals surface area contributed by atoms with Crippen molar-refractivity contribution in [3.05, 3.63) is 22.7 Å². The molecule has 3 rings (SSSR count). The Hall–Kier alpha value is -0.390. The molecule has 0 aliphatic carbocycles. The topological polar surface area (TPSA) is 33.7 Å². The number of rotatable bonds is 3.